The molecule has 1 amide bonds. The number of rotatable bonds is 5. The van der Waals surface area contributed by atoms with Gasteiger partial charge < -0.3 is 4.90 Å². The maximum Gasteiger partial charge on any atom is 0.226 e. The predicted octanol–water partition coefficient (Wildman–Crippen LogP) is 1.64. The number of benzene rings is 1. The molecule has 0 unspecified atom stereocenters. The second-order valence-electron chi connectivity index (χ2n) is 6.62. The van der Waals surface area contributed by atoms with Crippen molar-refractivity contribution >= 4 is 15.9 Å². The Morgan fingerprint density at radius 3 is 2.78 bits per heavy atom. The Kier molecular flexibility index (Phi) is 4.47. The lowest BCUT2D eigenvalue weighted by atomic mass is 10.0. The number of carbonyl (C=O) groups is 1. The zero-order chi connectivity index (χ0) is 16.6. The largest absolute Gasteiger partial charge is 0.338 e. The molecule has 1 aromatic carbocycles. The van der Waals surface area contributed by atoms with Crippen LogP contribution in [0.3, 0.4) is 0 Å². The second-order valence-corrected chi connectivity index (χ2v) is 8.59. The van der Waals surface area contributed by atoms with Crippen LogP contribution in [0.1, 0.15) is 36.3 Å². The van der Waals surface area contributed by atoms with E-state index in [1.54, 1.807) is 4.90 Å². The quantitative estimate of drug-likeness (QED) is 0.889. The lowest BCUT2D eigenvalue weighted by molar-refractivity contribution is -0.133. The van der Waals surface area contributed by atoms with Gasteiger partial charge in [0.1, 0.15) is 0 Å². The molecule has 5 nitrogen and oxygen atoms in total. The number of amides is 1. The van der Waals surface area contributed by atoms with Gasteiger partial charge in [-0.1, -0.05) is 24.3 Å². The molecule has 3 rings (SSSR count). The minimum atomic E-state index is -3.29. The van der Waals surface area contributed by atoms with Crippen LogP contribution in [-0.2, 0) is 14.8 Å². The van der Waals surface area contributed by atoms with Crippen molar-refractivity contribution in [1.82, 2.24) is 9.62 Å². The molecule has 2 aliphatic rings. The lowest BCUT2D eigenvalue weighted by Crippen LogP contribution is -2.42. The number of likely N-dealkylation sites (tertiary alicyclic amines) is 1. The molecule has 1 saturated carbocycles. The zero-order valence-electron chi connectivity index (χ0n) is 13.7. The fourth-order valence-corrected chi connectivity index (χ4v) is 4.68. The summed E-state index contributed by atoms with van der Waals surface area (Å²) in [7, 11) is -1.87. The monoisotopic (exact) mass is 336 g/mol. The number of carbonyl (C=O) groups excluding carboxylic acids is 1. The van der Waals surface area contributed by atoms with Crippen LogP contribution in [0.2, 0.25) is 0 Å². The summed E-state index contributed by atoms with van der Waals surface area (Å²) in [5, 5.41) is 0. The summed E-state index contributed by atoms with van der Waals surface area (Å²) in [5.41, 5.74) is 2.48. The molecule has 1 aliphatic heterocycles. The fourth-order valence-electron chi connectivity index (χ4n) is 3.66. The summed E-state index contributed by atoms with van der Waals surface area (Å²) in [5.74, 6) is 0.462. The predicted molar refractivity (Wildman–Crippen MR) is 89.6 cm³/mol. The van der Waals surface area contributed by atoms with Crippen LogP contribution in [0.25, 0.3) is 0 Å². The van der Waals surface area contributed by atoms with Gasteiger partial charge in [0.2, 0.25) is 15.9 Å². The van der Waals surface area contributed by atoms with Crippen LogP contribution >= 0.6 is 0 Å². The minimum absolute atomic E-state index is 0.0109. The molecular weight excluding hydrogens is 312 g/mol. The van der Waals surface area contributed by atoms with Gasteiger partial charge in [0, 0.05) is 18.5 Å². The second kappa shape index (κ2) is 6.24. The molecule has 1 heterocycles. The van der Waals surface area contributed by atoms with Gasteiger partial charge in [-0.3, -0.25) is 4.79 Å². The molecule has 0 radical (unpaired) electrons. The fraction of sp³-hybridized carbons (Fsp3) is 0.588. The maximum absolute atomic E-state index is 12.8. The van der Waals surface area contributed by atoms with Crippen molar-refractivity contribution in [2.45, 2.75) is 38.1 Å². The Morgan fingerprint density at radius 1 is 1.35 bits per heavy atom. The van der Waals surface area contributed by atoms with Crippen LogP contribution in [0.15, 0.2) is 24.3 Å². The van der Waals surface area contributed by atoms with E-state index in [1.807, 2.05) is 12.1 Å². The molecule has 1 aromatic rings. The van der Waals surface area contributed by atoms with Gasteiger partial charge in [-0.05, 0) is 50.3 Å². The SMILES string of the molecule is CNS(=O)(=O)C[C@@H]1CCCN1C(=O)[C@@H]1C[C@@H]1c1ccccc1C. The van der Waals surface area contributed by atoms with E-state index in [-0.39, 0.29) is 23.6 Å². The van der Waals surface area contributed by atoms with Gasteiger partial charge in [0.05, 0.1) is 5.75 Å². The van der Waals surface area contributed by atoms with Gasteiger partial charge in [0.15, 0.2) is 0 Å². The Morgan fingerprint density at radius 2 is 2.09 bits per heavy atom. The van der Waals surface area contributed by atoms with E-state index >= 15 is 0 Å². The van der Waals surface area contributed by atoms with Gasteiger partial charge >= 0.3 is 0 Å². The standard InChI is InChI=1S/C17H24N2O3S/c1-12-6-3-4-8-14(12)15-10-16(15)17(20)19-9-5-7-13(19)11-23(21,22)18-2/h3-4,6,8,13,15-16,18H,5,7,9-11H2,1-2H3/t13-,15+,16+/m0/s1. The van der Waals surface area contributed by atoms with Crippen molar-refractivity contribution in [3.05, 3.63) is 35.4 Å². The Hall–Kier alpha value is -1.40. The number of hydrogen-bond acceptors (Lipinski definition) is 3. The molecule has 0 spiro atoms. The zero-order valence-corrected chi connectivity index (χ0v) is 14.5. The molecule has 126 valence electrons. The number of sulfonamides is 1. The van der Waals surface area contributed by atoms with Crippen LogP contribution < -0.4 is 4.72 Å². The molecule has 3 atom stereocenters. The number of nitrogens with one attached hydrogen (secondary N) is 1. The summed E-state index contributed by atoms with van der Waals surface area (Å²) >= 11 is 0. The van der Waals surface area contributed by atoms with Gasteiger partial charge in [0.25, 0.3) is 0 Å². The summed E-state index contributed by atoms with van der Waals surface area (Å²) in [6.07, 6.45) is 2.54. The molecule has 0 bridgehead atoms. The molecule has 1 N–H and O–H groups in total. The van der Waals surface area contributed by atoms with E-state index < -0.39 is 10.0 Å². The molecule has 2 fully saturated rings. The molecule has 1 aliphatic carbocycles. The molecule has 23 heavy (non-hydrogen) atoms. The first-order valence-electron chi connectivity index (χ1n) is 8.20. The number of hydrogen-bond donors (Lipinski definition) is 1. The Balaban J connectivity index is 1.68. The van der Waals surface area contributed by atoms with Crippen molar-refractivity contribution in [1.29, 1.82) is 0 Å². The maximum atomic E-state index is 12.8. The third-order valence-corrected chi connectivity index (χ3v) is 6.52. The smallest absolute Gasteiger partial charge is 0.226 e. The van der Waals surface area contributed by atoms with Crippen LogP contribution in [0, 0.1) is 12.8 Å². The normalized spacial score (nSPS) is 27.2. The van der Waals surface area contributed by atoms with E-state index in [9.17, 15) is 13.2 Å². The first-order valence-corrected chi connectivity index (χ1v) is 9.85. The van der Waals surface area contributed by atoms with Crippen molar-refractivity contribution in [2.75, 3.05) is 19.3 Å². The summed E-state index contributed by atoms with van der Waals surface area (Å²) < 4.78 is 25.9. The van der Waals surface area contributed by atoms with E-state index in [0.717, 1.165) is 19.3 Å². The van der Waals surface area contributed by atoms with Gasteiger partial charge in [-0.2, -0.15) is 0 Å². The third kappa shape index (κ3) is 3.43. The Labute approximate surface area is 138 Å². The highest BCUT2D eigenvalue weighted by molar-refractivity contribution is 7.89. The van der Waals surface area contributed by atoms with Crippen LogP contribution in [0.4, 0.5) is 0 Å². The van der Waals surface area contributed by atoms with Crippen molar-refractivity contribution in [3.63, 3.8) is 0 Å². The van der Waals surface area contributed by atoms with Crippen molar-refractivity contribution < 1.29 is 13.2 Å². The Bertz CT molecular complexity index is 702. The average molecular weight is 336 g/mol. The van der Waals surface area contributed by atoms with E-state index in [4.69, 9.17) is 0 Å². The first-order chi connectivity index (χ1) is 10.9. The summed E-state index contributed by atoms with van der Waals surface area (Å²) in [6, 6.07) is 8.02. The highest BCUT2D eigenvalue weighted by Crippen LogP contribution is 2.50. The molecule has 0 aromatic heterocycles. The van der Waals surface area contributed by atoms with Crippen LogP contribution in [0.5, 0.6) is 0 Å². The van der Waals surface area contributed by atoms with Crippen molar-refractivity contribution in [2.24, 2.45) is 5.92 Å². The van der Waals surface area contributed by atoms with Crippen LogP contribution in [-0.4, -0.2) is 44.6 Å². The number of aryl methyl sites for hydroxylation is 1. The minimum Gasteiger partial charge on any atom is -0.338 e. The van der Waals surface area contributed by atoms with E-state index in [0.29, 0.717) is 12.5 Å². The highest BCUT2D eigenvalue weighted by Gasteiger charge is 2.48. The van der Waals surface area contributed by atoms with Gasteiger partial charge in [-0.25, -0.2) is 13.1 Å². The highest BCUT2D eigenvalue weighted by atomic mass is 32.2. The molecule has 6 heteroatoms. The topological polar surface area (TPSA) is 66.5 Å². The van der Waals surface area contributed by atoms with E-state index in [2.05, 4.69) is 23.8 Å². The lowest BCUT2D eigenvalue weighted by Gasteiger charge is -2.24. The molecular formula is C17H24N2O3S. The van der Waals surface area contributed by atoms with Gasteiger partial charge in [-0.15, -0.1) is 0 Å². The first kappa shape index (κ1) is 16.5. The van der Waals surface area contributed by atoms with E-state index in [1.165, 1.54) is 18.2 Å². The average Bonchev–Trinajstić information content (AvgIpc) is 3.19. The van der Waals surface area contributed by atoms with Crippen molar-refractivity contribution in [3.8, 4) is 0 Å². The summed E-state index contributed by atoms with van der Waals surface area (Å²) in [4.78, 5) is 14.6. The number of nitrogens with zero attached hydrogens (tertiary/aromatic N) is 1. The molecule has 1 saturated heterocycles. The summed E-state index contributed by atoms with van der Waals surface area (Å²) in [6.45, 7) is 2.76. The third-order valence-electron chi connectivity index (χ3n) is 5.08.